The second-order valence-corrected chi connectivity index (χ2v) is 1.65. The van der Waals surface area contributed by atoms with Gasteiger partial charge in [-0.1, -0.05) is 0 Å². The van der Waals surface area contributed by atoms with Gasteiger partial charge >= 0.3 is 96.5 Å². The summed E-state index contributed by atoms with van der Waals surface area (Å²) >= 11 is 0. The van der Waals surface area contributed by atoms with Gasteiger partial charge in [-0.25, -0.2) is 4.57 Å². The second kappa shape index (κ2) is 18.4. The predicted molar refractivity (Wildman–Crippen MR) is 26.3 cm³/mol. The monoisotopic (exact) mass is 216 g/mol. The van der Waals surface area contributed by atoms with Gasteiger partial charge < -0.3 is 24.1 Å². The summed E-state index contributed by atoms with van der Waals surface area (Å²) in [4.78, 5) is 29.9. The van der Waals surface area contributed by atoms with Crippen LogP contribution in [0, 0.1) is 0 Å². The van der Waals surface area contributed by atoms with E-state index in [-0.39, 0.29) is 99.4 Å². The summed E-state index contributed by atoms with van der Waals surface area (Å²) in [5, 5.41) is 6.89. The molecule has 10 heteroatoms. The van der Waals surface area contributed by atoms with Gasteiger partial charge in [-0.05, 0) is 0 Å². The third-order valence-electron chi connectivity index (χ3n) is 0. The molecule has 0 rings (SSSR count). The first-order chi connectivity index (χ1) is 3.41. The zero-order valence-electron chi connectivity index (χ0n) is 9.63. The molecular weight excluding hydrogens is 208 g/mol. The Morgan fingerprint density at radius 2 is 1.09 bits per heavy atom. The van der Waals surface area contributed by atoms with Gasteiger partial charge in [-0.2, -0.15) is 0 Å². The summed E-state index contributed by atoms with van der Waals surface area (Å²) in [6, 6.07) is 0. The van der Waals surface area contributed by atoms with E-state index in [1.54, 1.807) is 0 Å². The topological polar surface area (TPSA) is 115 Å². The molecule has 0 amide bonds. The van der Waals surface area contributed by atoms with Crippen LogP contribution in [0.5, 0.6) is 0 Å². The zero-order valence-corrected chi connectivity index (χ0v) is 13.5. The van der Waals surface area contributed by atoms with Crippen LogP contribution in [0.15, 0.2) is 0 Å². The van der Waals surface area contributed by atoms with Crippen LogP contribution in [0.1, 0.15) is 4.28 Å². The maximum Gasteiger partial charge on any atom is 1.00 e. The molecule has 0 aromatic carbocycles. The van der Waals surface area contributed by atoms with Crippen molar-refractivity contribution in [2.45, 2.75) is 0 Å². The quantitative estimate of drug-likeness (QED) is 0.181. The van der Waals surface area contributed by atoms with Gasteiger partial charge in [0, 0.05) is 0 Å². The molecule has 0 aromatic rings. The van der Waals surface area contributed by atoms with Crippen molar-refractivity contribution in [1.82, 2.24) is 0 Å². The van der Waals surface area contributed by atoms with Crippen molar-refractivity contribution in [3.8, 4) is 0 Å². The molecule has 11 heavy (non-hydrogen) atoms. The van der Waals surface area contributed by atoms with E-state index in [0.717, 1.165) is 0 Å². The van der Waals surface area contributed by atoms with Crippen LogP contribution >= 0.6 is 7.82 Å². The first-order valence-electron chi connectivity index (χ1n) is 1.28. The zero-order chi connectivity index (χ0) is 7.21. The smallest absolute Gasteiger partial charge is 1.00 e. The molecule has 4 N–H and O–H groups in total. The molecular formula is CH8Na3O6P. The van der Waals surface area contributed by atoms with Crippen LogP contribution in [0.3, 0.4) is 0 Å². The van der Waals surface area contributed by atoms with Crippen molar-refractivity contribution in [2.24, 2.45) is 0 Å². The van der Waals surface area contributed by atoms with Crippen molar-refractivity contribution in [3.05, 3.63) is 0 Å². The minimum Gasteiger partial charge on any atom is -1.00 e. The Labute approximate surface area is 134 Å². The fourth-order valence-electron chi connectivity index (χ4n) is 0. The number of carboxylic acid groups (broad SMARTS) is 1. The molecule has 0 radical (unpaired) electrons. The molecule has 56 valence electrons. The molecule has 0 spiro atoms. The van der Waals surface area contributed by atoms with Gasteiger partial charge in [-0.15, -0.1) is 0 Å². The molecule has 0 fully saturated rings. The van der Waals surface area contributed by atoms with Crippen LogP contribution in [-0.2, 0) is 9.36 Å². The Kier molecular flexibility index (Phi) is 48.8. The number of hydrogen-bond donors (Lipinski definition) is 4. The second-order valence-electron chi connectivity index (χ2n) is 0.619. The Balaban J connectivity index is -0.00000000626. The van der Waals surface area contributed by atoms with Crippen molar-refractivity contribution in [2.75, 3.05) is 0 Å². The van der Waals surface area contributed by atoms with Crippen molar-refractivity contribution >= 4 is 14.3 Å². The largest absolute Gasteiger partial charge is 1.00 e. The minimum absolute atomic E-state index is 0. The number of hydrogen-bond acceptors (Lipinski definition) is 2. The van der Waals surface area contributed by atoms with E-state index < -0.39 is 7.82 Å². The van der Waals surface area contributed by atoms with Crippen LogP contribution in [-0.4, -0.2) is 26.3 Å². The molecule has 0 unspecified atom stereocenters. The first kappa shape index (κ1) is 29.2. The standard InChI is InChI=1S/CH2O2.3Na.H3O4P.3H/c2-1-3;;;;1-5(2,3)4;;;/h1H,(H,2,3);;;;(H3,1,2,3,4);;;/q;3*+1;;3*-1. The van der Waals surface area contributed by atoms with Gasteiger partial charge in [0.1, 0.15) is 0 Å². The van der Waals surface area contributed by atoms with E-state index in [4.69, 9.17) is 29.1 Å². The Morgan fingerprint density at radius 3 is 1.09 bits per heavy atom. The Morgan fingerprint density at radius 1 is 1.09 bits per heavy atom. The Bertz CT molecular complexity index is 102. The van der Waals surface area contributed by atoms with Crippen LogP contribution < -0.4 is 88.7 Å². The summed E-state index contributed by atoms with van der Waals surface area (Å²) in [5.74, 6) is 0. The van der Waals surface area contributed by atoms with E-state index in [2.05, 4.69) is 0 Å². The van der Waals surface area contributed by atoms with E-state index in [0.29, 0.717) is 0 Å². The molecule has 0 bridgehead atoms. The number of phosphoric acid groups is 1. The molecule has 0 aliphatic carbocycles. The van der Waals surface area contributed by atoms with Crippen LogP contribution in [0.2, 0.25) is 0 Å². The average Bonchev–Trinajstić information content (AvgIpc) is 1.27. The molecule has 0 saturated carbocycles. The third kappa shape index (κ3) is 212. The molecule has 0 atom stereocenters. The van der Waals surface area contributed by atoms with Gasteiger partial charge in [0.2, 0.25) is 0 Å². The summed E-state index contributed by atoms with van der Waals surface area (Å²) in [6.07, 6.45) is 0. The SMILES string of the molecule is O=CO.O=P(O)(O)O.[H-].[H-].[H-].[Na+].[Na+].[Na+]. The summed E-state index contributed by atoms with van der Waals surface area (Å²) in [5.41, 5.74) is 0. The number of carbonyl (C=O) groups is 1. The van der Waals surface area contributed by atoms with Crippen molar-refractivity contribution < 1.29 is 122 Å². The fraction of sp³-hybridized carbons (Fsp3) is 0. The first-order valence-corrected chi connectivity index (χ1v) is 2.84. The number of rotatable bonds is 0. The molecule has 0 saturated heterocycles. The van der Waals surface area contributed by atoms with E-state index in [9.17, 15) is 0 Å². The van der Waals surface area contributed by atoms with Gasteiger partial charge in [0.15, 0.2) is 0 Å². The van der Waals surface area contributed by atoms with E-state index in [1.165, 1.54) is 0 Å². The summed E-state index contributed by atoms with van der Waals surface area (Å²) in [7, 11) is -4.64. The molecule has 6 nitrogen and oxygen atoms in total. The van der Waals surface area contributed by atoms with Crippen LogP contribution in [0.4, 0.5) is 0 Å². The fourth-order valence-corrected chi connectivity index (χ4v) is 0. The normalized spacial score (nSPS) is 6.45. The molecule has 0 aliphatic rings. The summed E-state index contributed by atoms with van der Waals surface area (Å²) in [6.45, 7) is -0.250. The maximum atomic E-state index is 8.88. The predicted octanol–water partition coefficient (Wildman–Crippen LogP) is -9.88. The molecule has 0 aliphatic heterocycles. The van der Waals surface area contributed by atoms with Gasteiger partial charge in [0.05, 0.1) is 0 Å². The summed E-state index contributed by atoms with van der Waals surface area (Å²) < 4.78 is 8.88. The van der Waals surface area contributed by atoms with Gasteiger partial charge in [-0.3, -0.25) is 4.79 Å². The van der Waals surface area contributed by atoms with Crippen LogP contribution in [0.25, 0.3) is 0 Å². The third-order valence-corrected chi connectivity index (χ3v) is 0. The van der Waals surface area contributed by atoms with Crippen molar-refractivity contribution in [3.63, 3.8) is 0 Å². The molecule has 0 aromatic heterocycles. The van der Waals surface area contributed by atoms with Gasteiger partial charge in [0.25, 0.3) is 6.47 Å². The van der Waals surface area contributed by atoms with Crippen molar-refractivity contribution in [1.29, 1.82) is 0 Å². The minimum atomic E-state index is -4.64. The molecule has 0 heterocycles. The Hall–Kier alpha value is 2.58. The maximum absolute atomic E-state index is 8.88. The average molecular weight is 216 g/mol. The van der Waals surface area contributed by atoms with E-state index in [1.807, 2.05) is 0 Å². The van der Waals surface area contributed by atoms with E-state index >= 15 is 0 Å².